The van der Waals surface area contributed by atoms with Crippen molar-refractivity contribution in [1.29, 1.82) is 0 Å². The number of hydrazine groups is 1. The fourth-order valence-corrected chi connectivity index (χ4v) is 2.53. The first-order chi connectivity index (χ1) is 8.80. The first kappa shape index (κ1) is 13.0. The molecule has 0 radical (unpaired) electrons. The molecule has 0 spiro atoms. The van der Waals surface area contributed by atoms with Crippen LogP contribution in [0.5, 0.6) is 0 Å². The Morgan fingerprint density at radius 2 is 1.89 bits per heavy atom. The first-order valence-corrected chi connectivity index (χ1v) is 6.81. The molecule has 5 nitrogen and oxygen atoms in total. The van der Waals surface area contributed by atoms with E-state index in [-0.39, 0.29) is 24.3 Å². The zero-order valence-electron chi connectivity index (χ0n) is 12.3. The summed E-state index contributed by atoms with van der Waals surface area (Å²) in [6, 6.07) is 0. The monoisotopic (exact) mass is 263 g/mol. The van der Waals surface area contributed by atoms with Crippen LogP contribution in [0, 0.1) is 0 Å². The molecule has 0 amide bonds. The lowest BCUT2D eigenvalue weighted by Gasteiger charge is -2.32. The average Bonchev–Trinajstić information content (AvgIpc) is 2.78. The molecule has 19 heavy (non-hydrogen) atoms. The fraction of sp³-hybridized carbons (Fsp3) is 0.692. The van der Waals surface area contributed by atoms with Crippen molar-refractivity contribution in [3.05, 3.63) is 23.5 Å². The quantitative estimate of drug-likeness (QED) is 0.685. The van der Waals surface area contributed by atoms with Crippen LogP contribution in [0.15, 0.2) is 23.5 Å². The van der Waals surface area contributed by atoms with Gasteiger partial charge in [0.25, 0.3) is 0 Å². The van der Waals surface area contributed by atoms with Gasteiger partial charge in [-0.2, -0.15) is 0 Å². The van der Waals surface area contributed by atoms with Gasteiger partial charge in [-0.05, 0) is 27.7 Å². The van der Waals surface area contributed by atoms with Gasteiger partial charge in [-0.1, -0.05) is 12.2 Å². The molecule has 1 atom stereocenters. The second-order valence-corrected chi connectivity index (χ2v) is 6.42. The standard InChI is InChI=1S/C13H22BN3O2/c1-12(2)13(3,4)19-14(18-12)10-7-6-9-8-15-17(5)11(9)16-10/h6-7,10,15-16H,8H2,1-5H3. The van der Waals surface area contributed by atoms with E-state index >= 15 is 0 Å². The largest absolute Gasteiger partial charge is 0.485 e. The molecular weight excluding hydrogens is 241 g/mol. The van der Waals surface area contributed by atoms with E-state index in [0.29, 0.717) is 0 Å². The summed E-state index contributed by atoms with van der Waals surface area (Å²) in [5.41, 5.74) is 3.96. The van der Waals surface area contributed by atoms with Gasteiger partial charge in [-0.25, -0.2) is 5.43 Å². The third-order valence-electron chi connectivity index (χ3n) is 4.52. The smallest absolute Gasteiger partial charge is 0.402 e. The van der Waals surface area contributed by atoms with Crippen LogP contribution in [0.3, 0.4) is 0 Å². The maximum absolute atomic E-state index is 6.09. The highest BCUT2D eigenvalue weighted by atomic mass is 16.7. The second-order valence-electron chi connectivity index (χ2n) is 6.42. The third-order valence-corrected chi connectivity index (χ3v) is 4.52. The van der Waals surface area contributed by atoms with Crippen LogP contribution in [-0.4, -0.2) is 42.9 Å². The summed E-state index contributed by atoms with van der Waals surface area (Å²) in [4.78, 5) is 0. The van der Waals surface area contributed by atoms with Gasteiger partial charge >= 0.3 is 7.12 Å². The summed E-state index contributed by atoms with van der Waals surface area (Å²) in [6.45, 7) is 9.17. The molecule has 0 aromatic heterocycles. The zero-order chi connectivity index (χ0) is 13.8. The maximum Gasteiger partial charge on any atom is 0.485 e. The number of hydrogen-bond acceptors (Lipinski definition) is 5. The van der Waals surface area contributed by atoms with Crippen molar-refractivity contribution >= 4 is 7.12 Å². The van der Waals surface area contributed by atoms with Gasteiger partial charge in [0.2, 0.25) is 0 Å². The number of nitrogens with zero attached hydrogens (tertiary/aromatic N) is 1. The molecule has 1 saturated heterocycles. The normalized spacial score (nSPS) is 31.7. The van der Waals surface area contributed by atoms with Crippen molar-refractivity contribution in [2.75, 3.05) is 13.6 Å². The summed E-state index contributed by atoms with van der Waals surface area (Å²) in [7, 11) is 1.75. The Balaban J connectivity index is 1.75. The van der Waals surface area contributed by atoms with Crippen LogP contribution < -0.4 is 10.7 Å². The SMILES string of the molecule is CN1NCC2=C1NC(B1OC(C)(C)C(C)(C)O1)C=C2. The van der Waals surface area contributed by atoms with Crippen molar-refractivity contribution in [2.45, 2.75) is 44.8 Å². The Labute approximate surface area is 115 Å². The summed E-state index contributed by atoms with van der Waals surface area (Å²) in [5, 5.41) is 5.50. The first-order valence-electron chi connectivity index (χ1n) is 6.81. The van der Waals surface area contributed by atoms with E-state index in [0.717, 1.165) is 12.4 Å². The van der Waals surface area contributed by atoms with Gasteiger partial charge in [0.05, 0.1) is 17.1 Å². The predicted octanol–water partition coefficient (Wildman–Crippen LogP) is 0.807. The second kappa shape index (κ2) is 4.01. The van der Waals surface area contributed by atoms with Crippen LogP contribution in [0.2, 0.25) is 0 Å². The van der Waals surface area contributed by atoms with Crippen molar-refractivity contribution in [3.8, 4) is 0 Å². The van der Waals surface area contributed by atoms with Gasteiger partial charge in [-0.15, -0.1) is 0 Å². The highest BCUT2D eigenvalue weighted by Gasteiger charge is 2.54. The van der Waals surface area contributed by atoms with E-state index in [9.17, 15) is 0 Å². The minimum Gasteiger partial charge on any atom is -0.402 e. The number of hydrogen-bond donors (Lipinski definition) is 2. The minimum atomic E-state index is -0.290. The molecule has 0 aliphatic carbocycles. The fourth-order valence-electron chi connectivity index (χ4n) is 2.53. The van der Waals surface area contributed by atoms with E-state index in [1.54, 1.807) is 0 Å². The Morgan fingerprint density at radius 1 is 1.26 bits per heavy atom. The topological polar surface area (TPSA) is 45.8 Å². The highest BCUT2D eigenvalue weighted by Crippen LogP contribution is 2.38. The van der Waals surface area contributed by atoms with E-state index in [2.05, 4.69) is 50.6 Å². The van der Waals surface area contributed by atoms with Gasteiger partial charge in [0.1, 0.15) is 5.82 Å². The molecule has 0 bridgehead atoms. The number of rotatable bonds is 1. The molecule has 3 aliphatic heterocycles. The summed E-state index contributed by atoms with van der Waals surface area (Å²) in [5.74, 6) is 1.16. The predicted molar refractivity (Wildman–Crippen MR) is 74.9 cm³/mol. The van der Waals surface area contributed by atoms with Crippen molar-refractivity contribution in [2.24, 2.45) is 0 Å². The lowest BCUT2D eigenvalue weighted by Crippen LogP contribution is -2.47. The van der Waals surface area contributed by atoms with E-state index in [4.69, 9.17) is 9.31 Å². The molecule has 104 valence electrons. The van der Waals surface area contributed by atoms with Crippen molar-refractivity contribution < 1.29 is 9.31 Å². The van der Waals surface area contributed by atoms with Crippen LogP contribution in [0.1, 0.15) is 27.7 Å². The molecule has 1 fully saturated rings. The minimum absolute atomic E-state index is 0.0437. The zero-order valence-corrected chi connectivity index (χ0v) is 12.3. The Morgan fingerprint density at radius 3 is 2.53 bits per heavy atom. The molecule has 0 saturated carbocycles. The third kappa shape index (κ3) is 1.98. The Kier molecular flexibility index (Phi) is 2.75. The summed E-state index contributed by atoms with van der Waals surface area (Å²) in [6.07, 6.45) is 4.28. The summed E-state index contributed by atoms with van der Waals surface area (Å²) < 4.78 is 12.2. The molecular formula is C13H22BN3O2. The van der Waals surface area contributed by atoms with Crippen molar-refractivity contribution in [1.82, 2.24) is 15.8 Å². The molecule has 3 aliphatic rings. The Hall–Kier alpha value is -0.975. The van der Waals surface area contributed by atoms with Crippen LogP contribution in [-0.2, 0) is 9.31 Å². The molecule has 0 aromatic rings. The average molecular weight is 263 g/mol. The van der Waals surface area contributed by atoms with Gasteiger partial charge in [0.15, 0.2) is 0 Å². The van der Waals surface area contributed by atoms with E-state index < -0.39 is 0 Å². The molecule has 0 aromatic carbocycles. The number of dihydropyridines is 1. The van der Waals surface area contributed by atoms with Gasteiger partial charge in [-0.3, -0.25) is 5.01 Å². The molecule has 1 unspecified atom stereocenters. The lowest BCUT2D eigenvalue weighted by atomic mass is 9.77. The molecule has 3 rings (SSSR count). The summed E-state index contributed by atoms with van der Waals surface area (Å²) >= 11 is 0. The molecule has 6 heteroatoms. The van der Waals surface area contributed by atoms with Crippen LogP contribution in [0.4, 0.5) is 0 Å². The van der Waals surface area contributed by atoms with Crippen LogP contribution >= 0.6 is 0 Å². The number of nitrogens with one attached hydrogen (secondary N) is 2. The maximum atomic E-state index is 6.09. The van der Waals surface area contributed by atoms with Crippen molar-refractivity contribution in [3.63, 3.8) is 0 Å². The lowest BCUT2D eigenvalue weighted by molar-refractivity contribution is 0.00578. The van der Waals surface area contributed by atoms with E-state index in [1.165, 1.54) is 5.57 Å². The van der Waals surface area contributed by atoms with Crippen LogP contribution in [0.25, 0.3) is 0 Å². The highest BCUT2D eigenvalue weighted by molar-refractivity contribution is 6.48. The van der Waals surface area contributed by atoms with Gasteiger partial charge < -0.3 is 14.6 Å². The molecule has 3 heterocycles. The Bertz CT molecular complexity index is 443. The van der Waals surface area contributed by atoms with E-state index in [1.807, 2.05) is 12.1 Å². The van der Waals surface area contributed by atoms with Gasteiger partial charge in [0, 0.05) is 19.2 Å². The molecule has 2 N–H and O–H groups in total.